The van der Waals surface area contributed by atoms with Crippen molar-refractivity contribution in [1.82, 2.24) is 14.1 Å². The first-order valence-corrected chi connectivity index (χ1v) is 14.3. The maximum atomic E-state index is 13.7. The Morgan fingerprint density at radius 3 is 2.35 bits per heavy atom. The normalized spacial score (nSPS) is 20.6. The zero-order valence-electron chi connectivity index (χ0n) is 21.4. The molecule has 2 heterocycles. The van der Waals surface area contributed by atoms with Gasteiger partial charge in [0.1, 0.15) is 11.5 Å². The standard InChI is InChI=1S/C29H35FN4O2S/c1-2-22-8-14-26(15-9-22)36-28-27(20-31-34(29(28)35)25-12-10-24(30)11-13-25)32-16-18-33(19-17-32)37-21-23-6-4-3-5-7-23/h3-7,10-13,20,22,26H,2,8-9,14-19,21H2,1H3. The third kappa shape index (κ3) is 6.36. The number of ether oxygens (including phenoxy) is 1. The highest BCUT2D eigenvalue weighted by molar-refractivity contribution is 7.96. The molecule has 5 rings (SSSR count). The summed E-state index contributed by atoms with van der Waals surface area (Å²) in [5.74, 6) is 1.71. The molecule has 1 saturated carbocycles. The molecule has 1 saturated heterocycles. The van der Waals surface area contributed by atoms with Crippen molar-refractivity contribution in [2.75, 3.05) is 31.1 Å². The van der Waals surface area contributed by atoms with Crippen LogP contribution in [0.25, 0.3) is 5.69 Å². The van der Waals surface area contributed by atoms with Crippen LogP contribution in [-0.4, -0.2) is 46.4 Å². The van der Waals surface area contributed by atoms with Crippen LogP contribution in [0.15, 0.2) is 65.6 Å². The Labute approximate surface area is 222 Å². The minimum Gasteiger partial charge on any atom is -0.483 e. The highest BCUT2D eigenvalue weighted by Gasteiger charge is 2.27. The Bertz CT molecular complexity index is 1200. The summed E-state index contributed by atoms with van der Waals surface area (Å²) in [6.45, 7) is 5.61. The zero-order chi connectivity index (χ0) is 25.6. The van der Waals surface area contributed by atoms with E-state index in [0.717, 1.165) is 69.2 Å². The number of piperazine rings is 1. The van der Waals surface area contributed by atoms with Crippen LogP contribution in [0.2, 0.25) is 0 Å². The third-order valence-corrected chi connectivity index (χ3v) is 8.67. The number of anilines is 1. The number of rotatable bonds is 8. The number of aromatic nitrogens is 2. The number of halogens is 1. The van der Waals surface area contributed by atoms with Crippen molar-refractivity contribution in [2.24, 2.45) is 5.92 Å². The number of benzene rings is 2. The molecule has 0 atom stereocenters. The molecule has 3 aromatic rings. The van der Waals surface area contributed by atoms with Crippen LogP contribution >= 0.6 is 11.9 Å². The van der Waals surface area contributed by atoms with E-state index >= 15 is 0 Å². The molecule has 0 bridgehead atoms. The largest absolute Gasteiger partial charge is 0.483 e. The molecule has 0 N–H and O–H groups in total. The van der Waals surface area contributed by atoms with Gasteiger partial charge in [0.25, 0.3) is 0 Å². The highest BCUT2D eigenvalue weighted by Crippen LogP contribution is 2.33. The lowest BCUT2D eigenvalue weighted by molar-refractivity contribution is 0.128. The van der Waals surface area contributed by atoms with Crippen LogP contribution in [0, 0.1) is 11.7 Å². The molecular formula is C29H35FN4O2S. The van der Waals surface area contributed by atoms with E-state index in [9.17, 15) is 9.18 Å². The summed E-state index contributed by atoms with van der Waals surface area (Å²) in [7, 11) is 0. The molecule has 1 aromatic heterocycles. The van der Waals surface area contributed by atoms with E-state index < -0.39 is 0 Å². The topological polar surface area (TPSA) is 50.6 Å². The molecule has 0 amide bonds. The minimum absolute atomic E-state index is 0.0287. The summed E-state index contributed by atoms with van der Waals surface area (Å²) in [6.07, 6.45) is 7.14. The van der Waals surface area contributed by atoms with Gasteiger partial charge in [0.2, 0.25) is 5.75 Å². The summed E-state index contributed by atoms with van der Waals surface area (Å²) in [4.78, 5) is 15.9. The molecule has 8 heteroatoms. The molecule has 0 spiro atoms. The molecular weight excluding hydrogens is 487 g/mol. The summed E-state index contributed by atoms with van der Waals surface area (Å²) < 4.78 is 23.7. The first kappa shape index (κ1) is 25.8. The van der Waals surface area contributed by atoms with E-state index in [1.807, 2.05) is 18.0 Å². The average Bonchev–Trinajstić information content (AvgIpc) is 2.95. The molecule has 37 heavy (non-hydrogen) atoms. The fourth-order valence-corrected chi connectivity index (χ4v) is 6.10. The molecule has 6 nitrogen and oxygen atoms in total. The van der Waals surface area contributed by atoms with Gasteiger partial charge in [-0.25, -0.2) is 8.70 Å². The summed E-state index contributed by atoms with van der Waals surface area (Å²) in [5, 5.41) is 4.47. The van der Waals surface area contributed by atoms with Crippen LogP contribution in [0.4, 0.5) is 10.1 Å². The van der Waals surface area contributed by atoms with Crippen LogP contribution in [0.1, 0.15) is 44.6 Å². The quantitative estimate of drug-likeness (QED) is 0.354. The molecule has 1 aliphatic heterocycles. The fourth-order valence-electron chi connectivity index (χ4n) is 5.15. The first-order valence-electron chi connectivity index (χ1n) is 13.3. The van der Waals surface area contributed by atoms with Gasteiger partial charge in [-0.1, -0.05) is 55.6 Å². The average molecular weight is 523 g/mol. The highest BCUT2D eigenvalue weighted by atomic mass is 32.2. The van der Waals surface area contributed by atoms with Crippen molar-refractivity contribution in [3.05, 3.63) is 82.5 Å². The predicted molar refractivity (Wildman–Crippen MR) is 148 cm³/mol. The van der Waals surface area contributed by atoms with E-state index in [1.54, 1.807) is 18.3 Å². The second-order valence-electron chi connectivity index (χ2n) is 9.90. The van der Waals surface area contributed by atoms with Gasteiger partial charge in [-0.2, -0.15) is 9.78 Å². The van der Waals surface area contributed by atoms with E-state index in [1.165, 1.54) is 28.8 Å². The van der Waals surface area contributed by atoms with E-state index in [4.69, 9.17) is 4.74 Å². The monoisotopic (exact) mass is 522 g/mol. The van der Waals surface area contributed by atoms with Gasteiger partial charge >= 0.3 is 5.56 Å². The van der Waals surface area contributed by atoms with E-state index in [0.29, 0.717) is 11.4 Å². The fraction of sp³-hybridized carbons (Fsp3) is 0.448. The lowest BCUT2D eigenvalue weighted by Crippen LogP contribution is -2.44. The number of hydrogen-bond donors (Lipinski definition) is 0. The Kier molecular flexibility index (Phi) is 8.46. The summed E-state index contributed by atoms with van der Waals surface area (Å²) >= 11 is 1.85. The lowest BCUT2D eigenvalue weighted by atomic mass is 9.86. The van der Waals surface area contributed by atoms with Crippen LogP contribution in [0.3, 0.4) is 0 Å². The van der Waals surface area contributed by atoms with Gasteiger partial charge in [0.15, 0.2) is 0 Å². The molecule has 2 fully saturated rings. The second kappa shape index (κ2) is 12.1. The second-order valence-corrected chi connectivity index (χ2v) is 11.0. The van der Waals surface area contributed by atoms with Crippen LogP contribution in [0.5, 0.6) is 5.75 Å². The summed E-state index contributed by atoms with van der Waals surface area (Å²) in [5.41, 5.74) is 2.31. The molecule has 1 aliphatic carbocycles. The maximum absolute atomic E-state index is 13.7. The lowest BCUT2D eigenvalue weighted by Gasteiger charge is -2.36. The molecule has 196 valence electrons. The zero-order valence-corrected chi connectivity index (χ0v) is 22.2. The first-order chi connectivity index (χ1) is 18.1. The molecule has 0 radical (unpaired) electrons. The van der Waals surface area contributed by atoms with E-state index in [-0.39, 0.29) is 17.5 Å². The van der Waals surface area contributed by atoms with Crippen molar-refractivity contribution < 1.29 is 9.13 Å². The molecule has 2 aromatic carbocycles. The summed E-state index contributed by atoms with van der Waals surface area (Å²) in [6, 6.07) is 16.3. The van der Waals surface area contributed by atoms with Crippen molar-refractivity contribution in [3.63, 3.8) is 0 Å². The number of nitrogens with zero attached hydrogens (tertiary/aromatic N) is 4. The van der Waals surface area contributed by atoms with Gasteiger partial charge in [-0.05, 0) is 61.4 Å². The predicted octanol–water partition coefficient (Wildman–Crippen LogP) is 5.69. The Hall–Kier alpha value is -2.84. The van der Waals surface area contributed by atoms with Gasteiger partial charge in [-0.3, -0.25) is 4.79 Å². The van der Waals surface area contributed by atoms with Gasteiger partial charge < -0.3 is 9.64 Å². The SMILES string of the molecule is CCC1CCC(Oc2c(N3CCN(SCc4ccccc4)CC3)cnn(-c3ccc(F)cc3)c2=O)CC1. The van der Waals surface area contributed by atoms with Gasteiger partial charge in [0.05, 0.1) is 18.0 Å². The van der Waals surface area contributed by atoms with Crippen molar-refractivity contribution in [2.45, 2.75) is 50.9 Å². The number of hydrogen-bond acceptors (Lipinski definition) is 6. The van der Waals surface area contributed by atoms with E-state index in [2.05, 4.69) is 45.5 Å². The van der Waals surface area contributed by atoms with Gasteiger partial charge in [0, 0.05) is 31.9 Å². The Balaban J connectivity index is 1.33. The Morgan fingerprint density at radius 1 is 0.973 bits per heavy atom. The maximum Gasteiger partial charge on any atom is 0.316 e. The van der Waals surface area contributed by atoms with Gasteiger partial charge in [-0.15, -0.1) is 0 Å². The molecule has 0 unspecified atom stereocenters. The van der Waals surface area contributed by atoms with Crippen molar-refractivity contribution in [1.29, 1.82) is 0 Å². The Morgan fingerprint density at radius 2 is 1.68 bits per heavy atom. The van der Waals surface area contributed by atoms with Crippen LogP contribution < -0.4 is 15.2 Å². The van der Waals surface area contributed by atoms with Crippen molar-refractivity contribution >= 4 is 17.6 Å². The third-order valence-electron chi connectivity index (χ3n) is 7.48. The van der Waals surface area contributed by atoms with Crippen LogP contribution in [-0.2, 0) is 5.75 Å². The smallest absolute Gasteiger partial charge is 0.316 e. The minimum atomic E-state index is -0.347. The van der Waals surface area contributed by atoms with Crippen molar-refractivity contribution in [3.8, 4) is 11.4 Å². The molecule has 2 aliphatic rings.